The molecule has 1 unspecified atom stereocenters. The first kappa shape index (κ1) is 21.5. The number of ether oxygens (including phenoxy) is 1. The van der Waals surface area contributed by atoms with E-state index in [4.69, 9.17) is 4.74 Å². The molecule has 2 aliphatic heterocycles. The molecule has 32 heavy (non-hydrogen) atoms. The highest BCUT2D eigenvalue weighted by Crippen LogP contribution is 2.51. The molecule has 2 heterocycles. The molecule has 1 saturated carbocycles. The lowest BCUT2D eigenvalue weighted by Crippen LogP contribution is -2.48. The fraction of sp³-hybridized carbons (Fsp3) is 0.536. The molecule has 1 amide bonds. The quantitative estimate of drug-likeness (QED) is 0.621. The van der Waals surface area contributed by atoms with E-state index in [9.17, 15) is 4.79 Å². The summed E-state index contributed by atoms with van der Waals surface area (Å²) in [5, 5.41) is 6.64. The van der Waals surface area contributed by atoms with Gasteiger partial charge < -0.3 is 15.4 Å². The van der Waals surface area contributed by atoms with Gasteiger partial charge in [-0.1, -0.05) is 45.2 Å². The monoisotopic (exact) mass is 432 g/mol. The zero-order valence-electron chi connectivity index (χ0n) is 19.5. The number of piperidine rings is 1. The van der Waals surface area contributed by atoms with Crippen LogP contribution in [-0.4, -0.2) is 25.1 Å². The molecule has 0 radical (unpaired) electrons. The highest BCUT2D eigenvalue weighted by atomic mass is 16.5. The molecule has 1 spiro atoms. The molecule has 5 rings (SSSR count). The van der Waals surface area contributed by atoms with Gasteiger partial charge in [0.05, 0.1) is 0 Å². The largest absolute Gasteiger partial charge is 0.489 e. The summed E-state index contributed by atoms with van der Waals surface area (Å²) in [6, 6.07) is 14.5. The van der Waals surface area contributed by atoms with Gasteiger partial charge in [0.1, 0.15) is 11.9 Å². The predicted molar refractivity (Wildman–Crippen MR) is 130 cm³/mol. The molecule has 1 aliphatic carbocycles. The fourth-order valence-corrected chi connectivity index (χ4v) is 6.25. The van der Waals surface area contributed by atoms with E-state index < -0.39 is 0 Å². The van der Waals surface area contributed by atoms with Gasteiger partial charge >= 0.3 is 0 Å². The molecule has 2 N–H and O–H groups in total. The molecule has 4 heteroatoms. The van der Waals surface area contributed by atoms with Crippen molar-refractivity contribution in [1.29, 1.82) is 0 Å². The molecule has 3 aliphatic rings. The summed E-state index contributed by atoms with van der Waals surface area (Å²) in [7, 11) is 0. The van der Waals surface area contributed by atoms with Crippen molar-refractivity contribution in [3.05, 3.63) is 59.2 Å². The summed E-state index contributed by atoms with van der Waals surface area (Å²) >= 11 is 0. The SMILES string of the molecule is CC(C)C1Oc2ccc(NC(=O)c3ccc(C4CCCCC4)cc3)cc2C12CCNCC2. The van der Waals surface area contributed by atoms with Crippen molar-refractivity contribution in [2.45, 2.75) is 76.2 Å². The van der Waals surface area contributed by atoms with Crippen LogP contribution in [0.5, 0.6) is 5.75 Å². The maximum absolute atomic E-state index is 13.0. The van der Waals surface area contributed by atoms with E-state index in [0.29, 0.717) is 11.8 Å². The van der Waals surface area contributed by atoms with Gasteiger partial charge in [-0.15, -0.1) is 0 Å². The smallest absolute Gasteiger partial charge is 0.255 e. The van der Waals surface area contributed by atoms with Crippen LogP contribution in [0.1, 0.15) is 86.2 Å². The number of carbonyl (C=O) groups is 1. The van der Waals surface area contributed by atoms with Crippen molar-refractivity contribution < 1.29 is 9.53 Å². The van der Waals surface area contributed by atoms with Crippen molar-refractivity contribution in [1.82, 2.24) is 5.32 Å². The van der Waals surface area contributed by atoms with E-state index >= 15 is 0 Å². The van der Waals surface area contributed by atoms with Crippen LogP contribution >= 0.6 is 0 Å². The Hall–Kier alpha value is -2.33. The molecular formula is C28H36N2O2. The van der Waals surface area contributed by atoms with Crippen LogP contribution in [0.25, 0.3) is 0 Å². The Bertz CT molecular complexity index is 954. The Balaban J connectivity index is 1.34. The summed E-state index contributed by atoms with van der Waals surface area (Å²) in [5.41, 5.74) is 4.26. The third-order valence-corrected chi connectivity index (χ3v) is 7.92. The van der Waals surface area contributed by atoms with E-state index in [1.54, 1.807) is 0 Å². The third kappa shape index (κ3) is 3.94. The maximum atomic E-state index is 13.0. The lowest BCUT2D eigenvalue weighted by Gasteiger charge is -2.40. The number of hydrogen-bond acceptors (Lipinski definition) is 3. The highest BCUT2D eigenvalue weighted by Gasteiger charge is 2.50. The molecule has 0 aromatic heterocycles. The summed E-state index contributed by atoms with van der Waals surface area (Å²) in [6.07, 6.45) is 8.89. The van der Waals surface area contributed by atoms with Gasteiger partial charge in [-0.25, -0.2) is 0 Å². The second-order valence-electron chi connectivity index (χ2n) is 10.3. The lowest BCUT2D eigenvalue weighted by molar-refractivity contribution is 0.0781. The summed E-state index contributed by atoms with van der Waals surface area (Å²) in [5.74, 6) is 2.05. The first-order valence-electron chi connectivity index (χ1n) is 12.5. The van der Waals surface area contributed by atoms with Crippen LogP contribution in [0.3, 0.4) is 0 Å². The first-order chi connectivity index (χ1) is 15.6. The minimum atomic E-state index is -0.0428. The summed E-state index contributed by atoms with van der Waals surface area (Å²) < 4.78 is 6.44. The van der Waals surface area contributed by atoms with E-state index in [0.717, 1.165) is 42.9 Å². The van der Waals surface area contributed by atoms with E-state index in [2.05, 4.69) is 42.7 Å². The van der Waals surface area contributed by atoms with Gasteiger partial charge in [-0.3, -0.25) is 4.79 Å². The average Bonchev–Trinajstić information content (AvgIpc) is 3.13. The topological polar surface area (TPSA) is 50.4 Å². The van der Waals surface area contributed by atoms with Gasteiger partial charge in [-0.05, 0) is 86.5 Å². The number of rotatable bonds is 4. The number of carbonyl (C=O) groups excluding carboxylic acids is 1. The third-order valence-electron chi connectivity index (χ3n) is 7.92. The van der Waals surface area contributed by atoms with Crippen molar-refractivity contribution in [2.75, 3.05) is 18.4 Å². The van der Waals surface area contributed by atoms with Crippen molar-refractivity contribution in [3.63, 3.8) is 0 Å². The molecule has 170 valence electrons. The van der Waals surface area contributed by atoms with Gasteiger partial charge in [0.25, 0.3) is 5.91 Å². The normalized spacial score (nSPS) is 22.5. The van der Waals surface area contributed by atoms with E-state index in [1.807, 2.05) is 24.3 Å². The molecular weight excluding hydrogens is 396 g/mol. The second kappa shape index (κ2) is 8.90. The molecule has 4 nitrogen and oxygen atoms in total. The Morgan fingerprint density at radius 2 is 1.75 bits per heavy atom. The number of nitrogens with one attached hydrogen (secondary N) is 2. The number of anilines is 1. The molecule has 2 aromatic carbocycles. The summed E-state index contributed by atoms with van der Waals surface area (Å²) in [6.45, 7) is 6.52. The minimum Gasteiger partial charge on any atom is -0.489 e. The van der Waals surface area contributed by atoms with Crippen LogP contribution in [-0.2, 0) is 5.41 Å². The molecule has 0 bridgehead atoms. The number of amides is 1. The van der Waals surface area contributed by atoms with Crippen LogP contribution < -0.4 is 15.4 Å². The van der Waals surface area contributed by atoms with Crippen molar-refractivity contribution in [3.8, 4) is 5.75 Å². The molecule has 2 fully saturated rings. The predicted octanol–water partition coefficient (Wildman–Crippen LogP) is 6.02. The maximum Gasteiger partial charge on any atom is 0.255 e. The highest BCUT2D eigenvalue weighted by molar-refractivity contribution is 6.04. The Labute approximate surface area is 192 Å². The minimum absolute atomic E-state index is 0.0388. The molecule has 1 saturated heterocycles. The molecule has 2 aromatic rings. The van der Waals surface area contributed by atoms with Crippen LogP contribution in [0, 0.1) is 5.92 Å². The molecule has 1 atom stereocenters. The van der Waals surface area contributed by atoms with Crippen LogP contribution in [0.4, 0.5) is 5.69 Å². The number of hydrogen-bond donors (Lipinski definition) is 2. The number of fused-ring (bicyclic) bond motifs is 2. The fourth-order valence-electron chi connectivity index (χ4n) is 6.25. The first-order valence-corrected chi connectivity index (χ1v) is 12.5. The van der Waals surface area contributed by atoms with Crippen LogP contribution in [0.15, 0.2) is 42.5 Å². The Morgan fingerprint density at radius 1 is 1.03 bits per heavy atom. The Kier molecular flexibility index (Phi) is 5.98. The lowest BCUT2D eigenvalue weighted by atomic mass is 9.67. The zero-order valence-corrected chi connectivity index (χ0v) is 19.5. The second-order valence-corrected chi connectivity index (χ2v) is 10.3. The van der Waals surface area contributed by atoms with Gasteiger partial charge in [0.15, 0.2) is 0 Å². The van der Waals surface area contributed by atoms with E-state index in [-0.39, 0.29) is 17.4 Å². The van der Waals surface area contributed by atoms with Crippen LogP contribution in [0.2, 0.25) is 0 Å². The van der Waals surface area contributed by atoms with Crippen molar-refractivity contribution in [2.24, 2.45) is 5.92 Å². The average molecular weight is 433 g/mol. The van der Waals surface area contributed by atoms with Gasteiger partial charge in [-0.2, -0.15) is 0 Å². The van der Waals surface area contributed by atoms with Gasteiger partial charge in [0, 0.05) is 22.2 Å². The zero-order chi connectivity index (χ0) is 22.1. The number of benzene rings is 2. The summed E-state index contributed by atoms with van der Waals surface area (Å²) in [4.78, 5) is 13.0. The van der Waals surface area contributed by atoms with E-state index in [1.165, 1.54) is 43.2 Å². The van der Waals surface area contributed by atoms with Crippen molar-refractivity contribution >= 4 is 11.6 Å². The van der Waals surface area contributed by atoms with Gasteiger partial charge in [0.2, 0.25) is 0 Å². The standard InChI is InChI=1S/C28H36N2O2/c1-19(2)26-28(14-16-29-17-15-28)24-18-23(12-13-25(24)32-26)30-27(31)22-10-8-21(9-11-22)20-6-4-3-5-7-20/h8-13,18-20,26,29H,3-7,14-17H2,1-2H3,(H,30,31). The Morgan fingerprint density at radius 3 is 2.44 bits per heavy atom.